The minimum absolute atomic E-state index is 0.103. The first-order chi connectivity index (χ1) is 15.4. The number of aromatic nitrogens is 1. The Balaban J connectivity index is 1.47. The third-order valence-electron chi connectivity index (χ3n) is 6.28. The van der Waals surface area contributed by atoms with Crippen molar-refractivity contribution in [1.29, 1.82) is 5.41 Å². The van der Waals surface area contributed by atoms with Crippen LogP contribution in [0.3, 0.4) is 0 Å². The maximum Gasteiger partial charge on any atom is 0.283 e. The first-order valence-corrected chi connectivity index (χ1v) is 12.5. The first-order valence-electron chi connectivity index (χ1n) is 10.9. The van der Waals surface area contributed by atoms with Crippen molar-refractivity contribution < 1.29 is 4.79 Å². The molecule has 0 bridgehead atoms. The number of nitrogens with one attached hydrogen (secondary N) is 1. The van der Waals surface area contributed by atoms with E-state index in [-0.39, 0.29) is 17.3 Å². The lowest BCUT2D eigenvalue weighted by Gasteiger charge is -2.20. The number of rotatable bonds is 3. The van der Waals surface area contributed by atoms with Gasteiger partial charge in [0.1, 0.15) is 5.04 Å². The van der Waals surface area contributed by atoms with E-state index in [9.17, 15) is 4.79 Å². The van der Waals surface area contributed by atoms with Crippen LogP contribution in [0.5, 0.6) is 0 Å². The second-order valence-corrected chi connectivity index (χ2v) is 10.3. The molecule has 1 N–H and O–H groups in total. The average Bonchev–Trinajstić information content (AvgIpc) is 3.33. The van der Waals surface area contributed by atoms with E-state index in [1.807, 2.05) is 44.2 Å². The van der Waals surface area contributed by atoms with Crippen LogP contribution in [0.15, 0.2) is 50.5 Å². The summed E-state index contributed by atoms with van der Waals surface area (Å²) in [7, 11) is 0. The van der Waals surface area contributed by atoms with Gasteiger partial charge in [-0.1, -0.05) is 35.2 Å². The smallest absolute Gasteiger partial charge is 0.283 e. The minimum Gasteiger partial charge on any atom is -0.318 e. The molecule has 0 unspecified atom stereocenters. The van der Waals surface area contributed by atoms with E-state index in [0.717, 1.165) is 45.0 Å². The number of hydrogen-bond acceptors (Lipinski definition) is 4. The Morgan fingerprint density at radius 2 is 1.88 bits per heavy atom. The first kappa shape index (κ1) is 21.4. The van der Waals surface area contributed by atoms with Crippen molar-refractivity contribution in [3.63, 3.8) is 0 Å². The summed E-state index contributed by atoms with van der Waals surface area (Å²) in [6, 6.07) is 10.2. The van der Waals surface area contributed by atoms with Gasteiger partial charge in [0.05, 0.1) is 5.57 Å². The number of carbonyl (C=O) groups is 1. The van der Waals surface area contributed by atoms with E-state index in [0.29, 0.717) is 11.1 Å². The summed E-state index contributed by atoms with van der Waals surface area (Å²) in [5.74, 6) is 0.149. The quantitative estimate of drug-likeness (QED) is 0.511. The highest BCUT2D eigenvalue weighted by Crippen LogP contribution is 2.36. The molecule has 164 valence electrons. The van der Waals surface area contributed by atoms with Crippen molar-refractivity contribution >= 4 is 55.7 Å². The maximum absolute atomic E-state index is 12.8. The fraction of sp³-hybridized carbons (Fsp3) is 0.333. The van der Waals surface area contributed by atoms with Gasteiger partial charge < -0.3 is 4.57 Å². The Hall–Kier alpha value is -2.45. The molecule has 8 heteroatoms. The summed E-state index contributed by atoms with van der Waals surface area (Å²) < 4.78 is 3.17. The number of hydrazone groups is 1. The van der Waals surface area contributed by atoms with Crippen LogP contribution in [0.25, 0.3) is 11.8 Å². The number of nitrogens with zero attached hydrogens (tertiary/aromatic N) is 4. The third-order valence-corrected chi connectivity index (χ3v) is 7.88. The van der Waals surface area contributed by atoms with Crippen LogP contribution < -0.4 is 0 Å². The van der Waals surface area contributed by atoms with Crippen molar-refractivity contribution in [3.05, 3.63) is 57.3 Å². The normalized spacial score (nSPS) is 20.6. The molecule has 1 amide bonds. The van der Waals surface area contributed by atoms with Gasteiger partial charge >= 0.3 is 0 Å². The van der Waals surface area contributed by atoms with Crippen LogP contribution in [0.1, 0.15) is 49.1 Å². The molecule has 1 aliphatic carbocycles. The van der Waals surface area contributed by atoms with Crippen LogP contribution in [0.2, 0.25) is 0 Å². The van der Waals surface area contributed by atoms with Crippen LogP contribution in [-0.2, 0) is 4.79 Å². The summed E-state index contributed by atoms with van der Waals surface area (Å²) in [5, 5.41) is 16.4. The second kappa shape index (κ2) is 8.48. The zero-order valence-corrected chi connectivity index (χ0v) is 20.5. The fourth-order valence-corrected chi connectivity index (χ4v) is 5.92. The molecule has 0 atom stereocenters. The molecule has 32 heavy (non-hydrogen) atoms. The van der Waals surface area contributed by atoms with E-state index < -0.39 is 0 Å². The number of aliphatic imine (C=N–C) groups is 1. The largest absolute Gasteiger partial charge is 0.318 e. The molecule has 5 rings (SSSR count). The molecule has 1 saturated carbocycles. The van der Waals surface area contributed by atoms with Crippen molar-refractivity contribution in [2.24, 2.45) is 16.0 Å². The van der Waals surface area contributed by atoms with Gasteiger partial charge in [-0.05, 0) is 80.4 Å². The number of amidine groups is 2. The standard InChI is InChI=1S/C24H24BrN5OS/c1-14-12-17(15(2)29(14)19-10-8-18(25)9-11-19)13-20-21(26)30-24(27-22(20)31)32-23(28-30)16-6-4-3-5-7-16/h8-13,16,26H,3-7H2,1-2H3/b20-13+,26-21?. The molecular formula is C24H24BrN5OS. The zero-order chi connectivity index (χ0) is 22.4. The monoisotopic (exact) mass is 509 g/mol. The van der Waals surface area contributed by atoms with Crippen LogP contribution in [0.4, 0.5) is 0 Å². The molecule has 0 spiro atoms. The number of carbonyl (C=O) groups excluding carboxylic acids is 1. The predicted octanol–water partition coefficient (Wildman–Crippen LogP) is 6.06. The number of amides is 1. The van der Waals surface area contributed by atoms with Crippen LogP contribution >= 0.6 is 27.7 Å². The molecule has 0 radical (unpaired) electrons. The summed E-state index contributed by atoms with van der Waals surface area (Å²) in [6.45, 7) is 4.07. The molecular weight excluding hydrogens is 486 g/mol. The van der Waals surface area contributed by atoms with Crippen LogP contribution in [0, 0.1) is 25.2 Å². The maximum atomic E-state index is 12.8. The number of fused-ring (bicyclic) bond motifs is 1. The summed E-state index contributed by atoms with van der Waals surface area (Å²) in [4.78, 5) is 17.1. The topological polar surface area (TPSA) is 73.8 Å². The lowest BCUT2D eigenvalue weighted by atomic mass is 9.90. The molecule has 3 heterocycles. The highest BCUT2D eigenvalue weighted by molar-refractivity contribution is 9.10. The van der Waals surface area contributed by atoms with Gasteiger partial charge in [-0.2, -0.15) is 15.1 Å². The van der Waals surface area contributed by atoms with E-state index in [1.165, 1.54) is 36.0 Å². The Morgan fingerprint density at radius 1 is 1.16 bits per heavy atom. The minimum atomic E-state index is -0.373. The molecule has 0 saturated heterocycles. The van der Waals surface area contributed by atoms with Gasteiger partial charge in [0.25, 0.3) is 5.91 Å². The number of thioether (sulfide) groups is 1. The summed E-state index contributed by atoms with van der Waals surface area (Å²) in [6.07, 6.45) is 7.73. The Morgan fingerprint density at radius 3 is 2.59 bits per heavy atom. The van der Waals surface area contributed by atoms with Gasteiger partial charge in [0.2, 0.25) is 5.17 Å². The average molecular weight is 510 g/mol. The Kier molecular flexibility index (Phi) is 5.67. The van der Waals surface area contributed by atoms with Crippen molar-refractivity contribution in [3.8, 4) is 5.69 Å². The SMILES string of the molecule is Cc1cc(/C=C2\C(=N)N3N=C(C4CCCCC4)SC3=NC2=O)c(C)n1-c1ccc(Br)cc1. The van der Waals surface area contributed by atoms with Gasteiger partial charge in [-0.25, -0.2) is 0 Å². The molecule has 6 nitrogen and oxygen atoms in total. The molecule has 1 aromatic carbocycles. The van der Waals surface area contributed by atoms with Gasteiger partial charge in [-0.3, -0.25) is 10.2 Å². The van der Waals surface area contributed by atoms with E-state index in [4.69, 9.17) is 10.5 Å². The number of aryl methyl sites for hydroxylation is 1. The Bertz CT molecular complexity index is 1200. The van der Waals surface area contributed by atoms with E-state index in [2.05, 4.69) is 25.5 Å². The van der Waals surface area contributed by atoms with Crippen molar-refractivity contribution in [1.82, 2.24) is 9.58 Å². The molecule has 1 fully saturated rings. The summed E-state index contributed by atoms with van der Waals surface area (Å²) >= 11 is 4.94. The number of benzene rings is 1. The van der Waals surface area contributed by atoms with Crippen LogP contribution in [-0.4, -0.2) is 31.5 Å². The lowest BCUT2D eigenvalue weighted by Crippen LogP contribution is -2.35. The third kappa shape index (κ3) is 3.79. The van der Waals surface area contributed by atoms with E-state index in [1.54, 1.807) is 6.08 Å². The highest BCUT2D eigenvalue weighted by Gasteiger charge is 2.38. The lowest BCUT2D eigenvalue weighted by molar-refractivity contribution is -0.114. The fourth-order valence-electron chi connectivity index (χ4n) is 4.60. The molecule has 3 aliphatic rings. The number of halogens is 1. The van der Waals surface area contributed by atoms with Crippen molar-refractivity contribution in [2.75, 3.05) is 0 Å². The molecule has 2 aliphatic heterocycles. The van der Waals surface area contributed by atoms with Gasteiger partial charge in [0.15, 0.2) is 5.84 Å². The number of hydrogen-bond donors (Lipinski definition) is 1. The highest BCUT2D eigenvalue weighted by atomic mass is 79.9. The van der Waals surface area contributed by atoms with Gasteiger partial charge in [-0.15, -0.1) is 0 Å². The van der Waals surface area contributed by atoms with Crippen molar-refractivity contribution in [2.45, 2.75) is 46.0 Å². The predicted molar refractivity (Wildman–Crippen MR) is 135 cm³/mol. The zero-order valence-electron chi connectivity index (χ0n) is 18.1. The second-order valence-electron chi connectivity index (χ2n) is 8.43. The van der Waals surface area contributed by atoms with Gasteiger partial charge in [0, 0.05) is 27.5 Å². The molecule has 2 aromatic rings. The Labute approximate surface area is 200 Å². The molecule has 1 aromatic heterocycles. The summed E-state index contributed by atoms with van der Waals surface area (Å²) in [5.41, 5.74) is 4.30. The van der Waals surface area contributed by atoms with E-state index >= 15 is 0 Å².